The summed E-state index contributed by atoms with van der Waals surface area (Å²) in [6.45, 7) is 0. The second kappa shape index (κ2) is 7.57. The zero-order valence-electron chi connectivity index (χ0n) is 12.5. The highest BCUT2D eigenvalue weighted by atomic mass is 32.2. The van der Waals surface area contributed by atoms with Gasteiger partial charge >= 0.3 is 0 Å². The minimum Gasteiger partial charge on any atom is -0.129 e. The molecule has 0 unspecified atom stereocenters. The van der Waals surface area contributed by atoms with Crippen LogP contribution in [0.4, 0.5) is 0 Å². The fourth-order valence-electron chi connectivity index (χ4n) is 2.42. The largest absolute Gasteiger partial charge is 0.129 e. The van der Waals surface area contributed by atoms with Gasteiger partial charge in [0.1, 0.15) is 0 Å². The average Bonchev–Trinajstić information content (AvgIpc) is 2.61. The summed E-state index contributed by atoms with van der Waals surface area (Å²) in [5.74, 6) is 0.999. The highest BCUT2D eigenvalue weighted by molar-refractivity contribution is 7.99. The number of hydrogen-bond acceptors (Lipinski definition) is 2. The van der Waals surface area contributed by atoms with Gasteiger partial charge in [-0.05, 0) is 35.1 Å². The van der Waals surface area contributed by atoms with Gasteiger partial charge in [0.2, 0.25) is 0 Å². The van der Waals surface area contributed by atoms with Crippen LogP contribution in [0.5, 0.6) is 0 Å². The van der Waals surface area contributed by atoms with E-state index in [2.05, 4.69) is 85.1 Å². The molecule has 0 amide bonds. The van der Waals surface area contributed by atoms with Crippen molar-refractivity contribution in [2.75, 3.05) is 6.26 Å². The minimum atomic E-state index is 0.999. The first kappa shape index (κ1) is 15.3. The van der Waals surface area contributed by atoms with Gasteiger partial charge < -0.3 is 0 Å². The van der Waals surface area contributed by atoms with Crippen molar-refractivity contribution in [2.45, 2.75) is 15.5 Å². The Morgan fingerprint density at radius 2 is 1.18 bits per heavy atom. The first-order chi connectivity index (χ1) is 10.9. The van der Waals surface area contributed by atoms with Gasteiger partial charge in [-0.2, -0.15) is 0 Å². The molecule has 0 aromatic heterocycles. The van der Waals surface area contributed by atoms with Gasteiger partial charge in [0, 0.05) is 15.5 Å². The number of thioether (sulfide) groups is 2. The summed E-state index contributed by atoms with van der Waals surface area (Å²) in [6, 6.07) is 28.0. The third-order valence-corrected chi connectivity index (χ3v) is 5.46. The van der Waals surface area contributed by atoms with Crippen LogP contribution >= 0.6 is 23.5 Å². The smallest absolute Gasteiger partial charge is 0.0232 e. The fourth-order valence-corrected chi connectivity index (χ4v) is 4.05. The zero-order chi connectivity index (χ0) is 15.2. The fraction of sp³-hybridized carbons (Fsp3) is 0.100. The predicted molar refractivity (Wildman–Crippen MR) is 99.7 cm³/mol. The maximum atomic E-state index is 2.22. The van der Waals surface area contributed by atoms with Gasteiger partial charge in [-0.3, -0.25) is 0 Å². The van der Waals surface area contributed by atoms with Gasteiger partial charge in [0.05, 0.1) is 0 Å². The molecule has 0 aliphatic rings. The van der Waals surface area contributed by atoms with Gasteiger partial charge in [0.25, 0.3) is 0 Å². The molecule has 0 aliphatic carbocycles. The zero-order valence-corrected chi connectivity index (χ0v) is 14.2. The van der Waals surface area contributed by atoms with E-state index in [0.717, 1.165) is 5.75 Å². The Morgan fingerprint density at radius 3 is 1.86 bits per heavy atom. The molecule has 3 aromatic carbocycles. The molecule has 0 nitrogen and oxygen atoms in total. The van der Waals surface area contributed by atoms with Crippen molar-refractivity contribution in [3.8, 4) is 11.1 Å². The molecular formula is C20H18S2. The molecule has 110 valence electrons. The van der Waals surface area contributed by atoms with Crippen LogP contribution in [0.2, 0.25) is 0 Å². The van der Waals surface area contributed by atoms with Crippen molar-refractivity contribution >= 4 is 23.5 Å². The quantitative estimate of drug-likeness (QED) is 0.501. The summed E-state index contributed by atoms with van der Waals surface area (Å²) < 4.78 is 0. The van der Waals surface area contributed by atoms with Gasteiger partial charge in [0.15, 0.2) is 0 Å². The molecule has 3 aromatic rings. The lowest BCUT2D eigenvalue weighted by atomic mass is 10.1. The maximum absolute atomic E-state index is 2.22. The van der Waals surface area contributed by atoms with Crippen LogP contribution in [0.3, 0.4) is 0 Å². The van der Waals surface area contributed by atoms with Crippen molar-refractivity contribution in [1.29, 1.82) is 0 Å². The number of benzene rings is 3. The van der Waals surface area contributed by atoms with Crippen LogP contribution in [0.25, 0.3) is 11.1 Å². The van der Waals surface area contributed by atoms with Crippen LogP contribution < -0.4 is 0 Å². The first-order valence-corrected chi connectivity index (χ1v) is 9.48. The molecular weight excluding hydrogens is 304 g/mol. The number of rotatable bonds is 5. The second-order valence-electron chi connectivity index (χ2n) is 4.97. The lowest BCUT2D eigenvalue weighted by molar-refractivity contribution is 1.35. The molecule has 22 heavy (non-hydrogen) atoms. The van der Waals surface area contributed by atoms with E-state index in [4.69, 9.17) is 0 Å². The Kier molecular flexibility index (Phi) is 5.25. The van der Waals surface area contributed by atoms with Crippen LogP contribution in [-0.2, 0) is 5.75 Å². The molecule has 0 bridgehead atoms. The Morgan fingerprint density at radius 1 is 0.636 bits per heavy atom. The van der Waals surface area contributed by atoms with E-state index in [-0.39, 0.29) is 0 Å². The van der Waals surface area contributed by atoms with Gasteiger partial charge in [-0.25, -0.2) is 0 Å². The Bertz CT molecular complexity index is 735. The van der Waals surface area contributed by atoms with E-state index in [9.17, 15) is 0 Å². The lowest BCUT2D eigenvalue weighted by Gasteiger charge is -2.12. The summed E-state index contributed by atoms with van der Waals surface area (Å²) in [6.07, 6.45) is 2.14. The standard InChI is InChI=1S/C20H18S2/c1-21-19-13-7-5-11-17(19)18-12-6-8-14-20(18)22-15-16-9-3-2-4-10-16/h2-14H,15H2,1H3. The molecule has 0 heterocycles. The second-order valence-corrected chi connectivity index (χ2v) is 6.84. The number of hydrogen-bond donors (Lipinski definition) is 0. The summed E-state index contributed by atoms with van der Waals surface area (Å²) in [4.78, 5) is 2.67. The summed E-state index contributed by atoms with van der Waals surface area (Å²) in [5, 5.41) is 0. The molecule has 0 saturated heterocycles. The molecule has 0 fully saturated rings. The minimum absolute atomic E-state index is 0.999. The monoisotopic (exact) mass is 322 g/mol. The van der Waals surface area contributed by atoms with E-state index < -0.39 is 0 Å². The first-order valence-electron chi connectivity index (χ1n) is 7.27. The van der Waals surface area contributed by atoms with Crippen LogP contribution in [0.1, 0.15) is 5.56 Å². The van der Waals surface area contributed by atoms with E-state index >= 15 is 0 Å². The Labute approximate surface area is 141 Å². The molecule has 2 heteroatoms. The normalized spacial score (nSPS) is 10.6. The van der Waals surface area contributed by atoms with Gasteiger partial charge in [-0.15, -0.1) is 23.5 Å². The molecule has 0 radical (unpaired) electrons. The maximum Gasteiger partial charge on any atom is 0.0232 e. The Balaban J connectivity index is 1.90. The molecule has 0 saturated carbocycles. The topological polar surface area (TPSA) is 0 Å². The van der Waals surface area contributed by atoms with Crippen molar-refractivity contribution in [3.63, 3.8) is 0 Å². The highest BCUT2D eigenvalue weighted by Gasteiger charge is 2.09. The van der Waals surface area contributed by atoms with E-state index in [1.54, 1.807) is 11.8 Å². The van der Waals surface area contributed by atoms with Crippen molar-refractivity contribution in [3.05, 3.63) is 84.4 Å². The van der Waals surface area contributed by atoms with E-state index in [1.165, 1.54) is 26.5 Å². The van der Waals surface area contributed by atoms with Crippen LogP contribution in [-0.4, -0.2) is 6.26 Å². The van der Waals surface area contributed by atoms with E-state index in [0.29, 0.717) is 0 Å². The molecule has 0 N–H and O–H groups in total. The summed E-state index contributed by atoms with van der Waals surface area (Å²) >= 11 is 3.71. The Hall–Kier alpha value is -1.64. The lowest BCUT2D eigenvalue weighted by Crippen LogP contribution is -1.86. The molecule has 0 atom stereocenters. The van der Waals surface area contributed by atoms with E-state index in [1.807, 2.05) is 11.8 Å². The van der Waals surface area contributed by atoms with Crippen LogP contribution in [0.15, 0.2) is 88.7 Å². The van der Waals surface area contributed by atoms with Gasteiger partial charge in [-0.1, -0.05) is 66.7 Å². The van der Waals surface area contributed by atoms with Crippen molar-refractivity contribution < 1.29 is 0 Å². The third kappa shape index (κ3) is 3.57. The van der Waals surface area contributed by atoms with Crippen molar-refractivity contribution in [1.82, 2.24) is 0 Å². The van der Waals surface area contributed by atoms with Crippen molar-refractivity contribution in [2.24, 2.45) is 0 Å². The predicted octanol–water partition coefficient (Wildman–Crippen LogP) is 6.37. The molecule has 0 spiro atoms. The third-order valence-electron chi connectivity index (χ3n) is 3.52. The summed E-state index contributed by atoms with van der Waals surface area (Å²) in [5.41, 5.74) is 4.01. The molecule has 3 rings (SSSR count). The molecule has 0 aliphatic heterocycles. The SMILES string of the molecule is CSc1ccccc1-c1ccccc1SCc1ccccc1. The highest BCUT2D eigenvalue weighted by Crippen LogP contribution is 2.37. The van der Waals surface area contributed by atoms with Crippen LogP contribution in [0, 0.1) is 0 Å². The average molecular weight is 322 g/mol. The summed E-state index contributed by atoms with van der Waals surface area (Å²) in [7, 11) is 0.